The molecule has 2 fully saturated rings. The number of hydrogen-bond acceptors (Lipinski definition) is 6. The van der Waals surface area contributed by atoms with Gasteiger partial charge in [-0.15, -0.1) is 0 Å². The molecule has 0 bridgehead atoms. The molecule has 3 rings (SSSR count). The maximum Gasteiger partial charge on any atom is 0.248 e. The fourth-order valence-corrected chi connectivity index (χ4v) is 5.98. The van der Waals surface area contributed by atoms with E-state index in [1.165, 1.54) is 4.31 Å². The number of ether oxygens (including phenoxy) is 1. The first-order valence-electron chi connectivity index (χ1n) is 8.39. The highest BCUT2D eigenvalue weighted by molar-refractivity contribution is 7.89. The Hall–Kier alpha value is -1.45. The lowest BCUT2D eigenvalue weighted by Crippen LogP contribution is -2.50. The van der Waals surface area contributed by atoms with Crippen molar-refractivity contribution in [3.05, 3.63) is 11.5 Å². The van der Waals surface area contributed by atoms with E-state index in [2.05, 4.69) is 5.16 Å². The first-order valence-corrected chi connectivity index (χ1v) is 9.83. The standard InChI is InChI=1S/C16H25N3O5S/c1-11-15(12(2)24-17-11)25(21,22)19-6-5-16(10-23-4)9-18(13(3)20)7-14(16)8-19/h14H,5-10H2,1-4H3/t14-,16-/m0/s1. The SMILES string of the molecule is COC[C@@]12CCN(S(=O)(=O)c3c(C)noc3C)C[C@@H]1CN(C(C)=O)C2. The van der Waals surface area contributed by atoms with Crippen LogP contribution < -0.4 is 0 Å². The van der Waals surface area contributed by atoms with Crippen molar-refractivity contribution in [3.63, 3.8) is 0 Å². The number of amides is 1. The second-order valence-corrected chi connectivity index (χ2v) is 9.03. The summed E-state index contributed by atoms with van der Waals surface area (Å²) in [4.78, 5) is 13.8. The third-order valence-electron chi connectivity index (χ3n) is 5.54. The van der Waals surface area contributed by atoms with E-state index in [-0.39, 0.29) is 22.1 Å². The number of piperidine rings is 1. The van der Waals surface area contributed by atoms with Gasteiger partial charge in [-0.25, -0.2) is 8.42 Å². The summed E-state index contributed by atoms with van der Waals surface area (Å²) in [5.74, 6) is 0.383. The van der Waals surface area contributed by atoms with Gasteiger partial charge in [-0.3, -0.25) is 4.79 Å². The lowest BCUT2D eigenvalue weighted by molar-refractivity contribution is -0.128. The third-order valence-corrected chi connectivity index (χ3v) is 7.65. The van der Waals surface area contributed by atoms with Crippen molar-refractivity contribution < 1.29 is 22.5 Å². The van der Waals surface area contributed by atoms with Crippen LogP contribution in [0.3, 0.4) is 0 Å². The van der Waals surface area contributed by atoms with E-state index in [1.807, 2.05) is 0 Å². The highest BCUT2D eigenvalue weighted by Crippen LogP contribution is 2.44. The average molecular weight is 371 g/mol. The summed E-state index contributed by atoms with van der Waals surface area (Å²) in [6, 6.07) is 0. The van der Waals surface area contributed by atoms with Crippen molar-refractivity contribution in [2.45, 2.75) is 32.1 Å². The molecule has 2 aliphatic heterocycles. The Balaban J connectivity index is 1.88. The zero-order valence-corrected chi connectivity index (χ0v) is 15.9. The van der Waals surface area contributed by atoms with Gasteiger partial charge in [0, 0.05) is 45.6 Å². The van der Waals surface area contributed by atoms with Gasteiger partial charge in [-0.05, 0) is 26.2 Å². The second-order valence-electron chi connectivity index (χ2n) is 7.16. The van der Waals surface area contributed by atoms with Crippen molar-refractivity contribution in [3.8, 4) is 0 Å². The Labute approximate surface area is 148 Å². The van der Waals surface area contributed by atoms with E-state index in [0.29, 0.717) is 50.7 Å². The molecule has 140 valence electrons. The van der Waals surface area contributed by atoms with Crippen LogP contribution in [0, 0.1) is 25.2 Å². The number of hydrogen-bond donors (Lipinski definition) is 0. The van der Waals surface area contributed by atoms with Crippen LogP contribution in [0.1, 0.15) is 24.8 Å². The Morgan fingerprint density at radius 2 is 2.12 bits per heavy atom. The molecule has 1 aromatic rings. The molecule has 0 unspecified atom stereocenters. The lowest BCUT2D eigenvalue weighted by Gasteiger charge is -2.42. The molecule has 1 aromatic heterocycles. The van der Waals surface area contributed by atoms with Crippen LogP contribution in [0.15, 0.2) is 9.42 Å². The highest BCUT2D eigenvalue weighted by Gasteiger charge is 2.52. The smallest absolute Gasteiger partial charge is 0.248 e. The van der Waals surface area contributed by atoms with Crippen LogP contribution in [-0.4, -0.2) is 68.6 Å². The minimum atomic E-state index is -3.67. The molecule has 2 saturated heterocycles. The molecule has 2 aliphatic rings. The number of aromatic nitrogens is 1. The van der Waals surface area contributed by atoms with E-state index >= 15 is 0 Å². The van der Waals surface area contributed by atoms with Gasteiger partial charge in [0.2, 0.25) is 15.9 Å². The molecule has 0 radical (unpaired) electrons. The Morgan fingerprint density at radius 1 is 1.40 bits per heavy atom. The van der Waals surface area contributed by atoms with Crippen LogP contribution in [0.2, 0.25) is 0 Å². The van der Waals surface area contributed by atoms with Crippen molar-refractivity contribution in [2.24, 2.45) is 11.3 Å². The third kappa shape index (κ3) is 2.98. The summed E-state index contributed by atoms with van der Waals surface area (Å²) >= 11 is 0. The maximum absolute atomic E-state index is 13.1. The van der Waals surface area contributed by atoms with Crippen LogP contribution in [0.25, 0.3) is 0 Å². The van der Waals surface area contributed by atoms with Crippen molar-refractivity contribution in [2.75, 3.05) is 39.9 Å². The number of likely N-dealkylation sites (tertiary alicyclic amines) is 1. The van der Waals surface area contributed by atoms with Crippen LogP contribution in [-0.2, 0) is 19.6 Å². The summed E-state index contributed by atoms with van der Waals surface area (Å²) in [7, 11) is -2.02. The zero-order chi connectivity index (χ0) is 18.4. The van der Waals surface area contributed by atoms with Crippen molar-refractivity contribution >= 4 is 15.9 Å². The van der Waals surface area contributed by atoms with E-state index < -0.39 is 10.0 Å². The number of rotatable bonds is 4. The van der Waals surface area contributed by atoms with Crippen LogP contribution in [0.4, 0.5) is 0 Å². The largest absolute Gasteiger partial charge is 0.384 e. The monoisotopic (exact) mass is 371 g/mol. The summed E-state index contributed by atoms with van der Waals surface area (Å²) in [6.07, 6.45) is 0.665. The Kier molecular flexibility index (Phi) is 4.67. The van der Waals surface area contributed by atoms with Gasteiger partial charge in [-0.2, -0.15) is 4.31 Å². The van der Waals surface area contributed by atoms with Gasteiger partial charge in [0.05, 0.1) is 6.61 Å². The van der Waals surface area contributed by atoms with Crippen molar-refractivity contribution in [1.82, 2.24) is 14.4 Å². The molecule has 8 nitrogen and oxygen atoms in total. The molecule has 0 N–H and O–H groups in total. The summed E-state index contributed by atoms with van der Waals surface area (Å²) in [6.45, 7) is 7.29. The molecule has 9 heteroatoms. The van der Waals surface area contributed by atoms with Gasteiger partial charge in [-0.1, -0.05) is 5.16 Å². The van der Waals surface area contributed by atoms with Gasteiger partial charge in [0.1, 0.15) is 10.6 Å². The van der Waals surface area contributed by atoms with E-state index in [0.717, 1.165) is 0 Å². The molecule has 0 spiro atoms. The average Bonchev–Trinajstić information content (AvgIpc) is 3.07. The number of carbonyl (C=O) groups is 1. The van der Waals surface area contributed by atoms with E-state index in [1.54, 1.807) is 32.8 Å². The topological polar surface area (TPSA) is 92.9 Å². The minimum absolute atomic E-state index is 0.0185. The fourth-order valence-electron chi connectivity index (χ4n) is 4.21. The first kappa shape index (κ1) is 18.3. The number of methoxy groups -OCH3 is 1. The summed E-state index contributed by atoms with van der Waals surface area (Å²) in [5, 5.41) is 3.77. The number of nitrogens with zero attached hydrogens (tertiary/aromatic N) is 3. The molecule has 0 aliphatic carbocycles. The molecule has 0 aromatic carbocycles. The molecule has 25 heavy (non-hydrogen) atoms. The zero-order valence-electron chi connectivity index (χ0n) is 15.1. The molecule has 2 atom stereocenters. The Bertz CT molecular complexity index is 755. The summed E-state index contributed by atoms with van der Waals surface area (Å²) < 4.78 is 38.1. The predicted octanol–water partition coefficient (Wildman–Crippen LogP) is 0.797. The normalized spacial score (nSPS) is 27.5. The number of aryl methyl sites for hydroxylation is 2. The minimum Gasteiger partial charge on any atom is -0.384 e. The number of sulfonamides is 1. The fraction of sp³-hybridized carbons (Fsp3) is 0.750. The molecular formula is C16H25N3O5S. The van der Waals surface area contributed by atoms with Crippen LogP contribution in [0.5, 0.6) is 0 Å². The molecule has 1 amide bonds. The van der Waals surface area contributed by atoms with Gasteiger partial charge in [0.15, 0.2) is 5.76 Å². The quantitative estimate of drug-likeness (QED) is 0.777. The number of fused-ring (bicyclic) bond motifs is 1. The van der Waals surface area contributed by atoms with E-state index in [9.17, 15) is 13.2 Å². The predicted molar refractivity (Wildman–Crippen MR) is 89.4 cm³/mol. The molecule has 3 heterocycles. The van der Waals surface area contributed by atoms with E-state index in [4.69, 9.17) is 9.26 Å². The molecule has 0 saturated carbocycles. The van der Waals surface area contributed by atoms with Crippen molar-refractivity contribution in [1.29, 1.82) is 0 Å². The van der Waals surface area contributed by atoms with Gasteiger partial charge in [0.25, 0.3) is 0 Å². The first-order chi connectivity index (χ1) is 11.7. The lowest BCUT2D eigenvalue weighted by atomic mass is 9.74. The van der Waals surface area contributed by atoms with Crippen LogP contribution >= 0.6 is 0 Å². The van der Waals surface area contributed by atoms with Gasteiger partial charge < -0.3 is 14.2 Å². The second kappa shape index (κ2) is 6.37. The maximum atomic E-state index is 13.1. The molecular weight excluding hydrogens is 346 g/mol. The highest BCUT2D eigenvalue weighted by atomic mass is 32.2. The number of carbonyl (C=O) groups excluding carboxylic acids is 1. The Morgan fingerprint density at radius 3 is 2.68 bits per heavy atom. The van der Waals surface area contributed by atoms with Gasteiger partial charge >= 0.3 is 0 Å². The summed E-state index contributed by atoms with van der Waals surface area (Å²) in [5.41, 5.74) is 0.202.